The van der Waals surface area contributed by atoms with Crippen molar-refractivity contribution < 1.29 is 14.3 Å². The molecule has 2 unspecified atom stereocenters. The van der Waals surface area contributed by atoms with Crippen LogP contribution in [-0.2, 0) is 16.1 Å². The van der Waals surface area contributed by atoms with E-state index in [2.05, 4.69) is 51.1 Å². The minimum Gasteiger partial charge on any atom is -0.496 e. The van der Waals surface area contributed by atoms with Crippen molar-refractivity contribution >= 4 is 11.6 Å². The molecule has 208 valence electrons. The molecule has 9 nitrogen and oxygen atoms in total. The van der Waals surface area contributed by atoms with Gasteiger partial charge in [0.05, 0.1) is 55.3 Å². The highest BCUT2D eigenvalue weighted by Gasteiger charge is 2.39. The first-order valence-corrected chi connectivity index (χ1v) is 13.6. The second-order valence-electron chi connectivity index (χ2n) is 10.2. The molecular formula is C30H39N5O4. The molecule has 0 radical (unpaired) electrons. The fourth-order valence-electron chi connectivity index (χ4n) is 5.35. The van der Waals surface area contributed by atoms with E-state index in [-0.39, 0.29) is 23.9 Å². The predicted octanol–water partition coefficient (Wildman–Crippen LogP) is 3.10. The monoisotopic (exact) mass is 533 g/mol. The van der Waals surface area contributed by atoms with E-state index in [4.69, 9.17) is 9.47 Å². The van der Waals surface area contributed by atoms with Crippen LogP contribution >= 0.6 is 0 Å². The summed E-state index contributed by atoms with van der Waals surface area (Å²) >= 11 is 0. The fraction of sp³-hybridized carbons (Fsp3) is 0.500. The number of H-pyrrole nitrogens is 1. The van der Waals surface area contributed by atoms with Crippen LogP contribution in [0.15, 0.2) is 51.0 Å². The molecule has 1 saturated heterocycles. The molecule has 0 aromatic carbocycles. The van der Waals surface area contributed by atoms with E-state index in [1.165, 1.54) is 7.11 Å². The van der Waals surface area contributed by atoms with Gasteiger partial charge in [-0.25, -0.2) is 5.01 Å². The Labute approximate surface area is 230 Å². The van der Waals surface area contributed by atoms with Crippen LogP contribution in [0, 0.1) is 30.6 Å². The second kappa shape index (κ2) is 13.0. The number of nitrogens with zero attached hydrogens (tertiary/aromatic N) is 3. The Morgan fingerprint density at radius 1 is 1.36 bits per heavy atom. The minimum absolute atomic E-state index is 0.0494. The number of hydrazine groups is 1. The number of aliphatic imine (C=N–C) groups is 1. The lowest BCUT2D eigenvalue weighted by Gasteiger charge is -2.35. The number of nitrogens with one attached hydrogen (secondary N) is 2. The molecule has 1 amide bonds. The molecule has 2 N–H and O–H groups in total. The number of hydrogen-bond donors (Lipinski definition) is 2. The number of carbonyl (C=O) groups is 1. The number of ether oxygens (including phenoxy) is 2. The summed E-state index contributed by atoms with van der Waals surface area (Å²) in [7, 11) is 3.58. The maximum absolute atomic E-state index is 13.6. The Hall–Kier alpha value is -3.61. The van der Waals surface area contributed by atoms with Crippen LogP contribution in [0.4, 0.5) is 0 Å². The van der Waals surface area contributed by atoms with Crippen molar-refractivity contribution in [3.63, 3.8) is 0 Å². The van der Waals surface area contributed by atoms with Crippen LogP contribution in [0.2, 0.25) is 0 Å². The molecule has 0 saturated carbocycles. The Morgan fingerprint density at radius 2 is 2.15 bits per heavy atom. The third kappa shape index (κ3) is 6.52. The zero-order valence-corrected chi connectivity index (χ0v) is 23.6. The molecule has 0 spiro atoms. The number of aryl methyl sites for hydroxylation is 1. The van der Waals surface area contributed by atoms with Gasteiger partial charge in [0.2, 0.25) is 0 Å². The molecule has 39 heavy (non-hydrogen) atoms. The summed E-state index contributed by atoms with van der Waals surface area (Å²) in [5.41, 5.74) is 4.33. The number of pyridine rings is 1. The summed E-state index contributed by atoms with van der Waals surface area (Å²) in [5, 5.41) is 7.27. The number of hydrogen-bond acceptors (Lipinski definition) is 7. The number of aromatic nitrogens is 1. The molecule has 3 aliphatic rings. The zero-order valence-electron chi connectivity index (χ0n) is 23.6. The van der Waals surface area contributed by atoms with Crippen LogP contribution in [0.25, 0.3) is 0 Å². The van der Waals surface area contributed by atoms with Gasteiger partial charge < -0.3 is 19.8 Å². The lowest BCUT2D eigenvalue weighted by Crippen LogP contribution is -2.40. The molecule has 2 aliphatic heterocycles. The normalized spacial score (nSPS) is 18.6. The summed E-state index contributed by atoms with van der Waals surface area (Å²) < 4.78 is 10.6. The van der Waals surface area contributed by atoms with E-state index in [1.807, 2.05) is 19.1 Å². The Balaban J connectivity index is 1.53. The fourth-order valence-corrected chi connectivity index (χ4v) is 5.35. The average Bonchev–Trinajstić information content (AvgIpc) is 2.98. The van der Waals surface area contributed by atoms with Crippen LogP contribution in [0.3, 0.4) is 0 Å². The lowest BCUT2D eigenvalue weighted by atomic mass is 9.97. The molecule has 2 atom stereocenters. The van der Waals surface area contributed by atoms with E-state index >= 15 is 0 Å². The van der Waals surface area contributed by atoms with Gasteiger partial charge in [0.1, 0.15) is 5.75 Å². The zero-order chi connectivity index (χ0) is 27.9. The molecule has 1 aromatic rings. The third-order valence-electron chi connectivity index (χ3n) is 7.30. The third-order valence-corrected chi connectivity index (χ3v) is 7.30. The highest BCUT2D eigenvalue weighted by Crippen LogP contribution is 2.39. The first kappa shape index (κ1) is 28.4. The van der Waals surface area contributed by atoms with Crippen LogP contribution in [-0.4, -0.2) is 67.1 Å². The van der Waals surface area contributed by atoms with E-state index in [0.717, 1.165) is 49.5 Å². The van der Waals surface area contributed by atoms with Gasteiger partial charge in [-0.05, 0) is 50.8 Å². The quantitative estimate of drug-likeness (QED) is 0.401. The molecule has 1 fully saturated rings. The highest BCUT2D eigenvalue weighted by atomic mass is 16.5. The maximum atomic E-state index is 13.6. The standard InChI is InChI=1S/C30H39N5O4/c1-6-10-22(13-14-31-23-18-39-19-23)17-34(4)35-21(3)28(24-11-8-7-9-12-26(24)35)30(37)32-16-25-27(38-5)15-20(2)33-29(25)36/h7,9,12,15,22,24H,6,10,13-14,16-19H2,1-5H3,(H,32,37)(H,33,36). The predicted molar refractivity (Wildman–Crippen MR) is 152 cm³/mol. The highest BCUT2D eigenvalue weighted by molar-refractivity contribution is 5.97. The van der Waals surface area contributed by atoms with Gasteiger partial charge in [0.15, 0.2) is 0 Å². The van der Waals surface area contributed by atoms with Crippen LogP contribution in [0.5, 0.6) is 5.75 Å². The van der Waals surface area contributed by atoms with E-state index in [9.17, 15) is 9.59 Å². The summed E-state index contributed by atoms with van der Waals surface area (Å²) in [4.78, 5) is 33.6. The summed E-state index contributed by atoms with van der Waals surface area (Å²) in [6.45, 7) is 8.97. The topological polar surface area (TPSA) is 99.3 Å². The largest absolute Gasteiger partial charge is 0.496 e. The van der Waals surface area contributed by atoms with Gasteiger partial charge in [-0.1, -0.05) is 31.3 Å². The van der Waals surface area contributed by atoms with Crippen molar-refractivity contribution in [2.24, 2.45) is 16.8 Å². The summed E-state index contributed by atoms with van der Waals surface area (Å²) in [6, 6.07) is 1.75. The van der Waals surface area contributed by atoms with Crippen molar-refractivity contribution in [3.8, 4) is 17.6 Å². The van der Waals surface area contributed by atoms with Crippen LogP contribution < -0.4 is 15.6 Å². The average molecular weight is 534 g/mol. The van der Waals surface area contributed by atoms with Crippen molar-refractivity contribution in [2.75, 3.05) is 40.5 Å². The molecule has 0 bridgehead atoms. The second-order valence-corrected chi connectivity index (χ2v) is 10.2. The van der Waals surface area contributed by atoms with Gasteiger partial charge in [-0.3, -0.25) is 19.6 Å². The number of allylic oxidation sites excluding steroid dienone is 5. The van der Waals surface area contributed by atoms with E-state index in [1.54, 1.807) is 19.1 Å². The van der Waals surface area contributed by atoms with Crippen molar-refractivity contribution in [3.05, 3.63) is 62.9 Å². The number of methoxy groups -OCH3 is 1. The molecule has 9 heteroatoms. The van der Waals surface area contributed by atoms with Gasteiger partial charge in [-0.15, -0.1) is 0 Å². The Bertz CT molecular complexity index is 1320. The van der Waals surface area contributed by atoms with Gasteiger partial charge in [-0.2, -0.15) is 0 Å². The molecule has 1 aromatic heterocycles. The number of aromatic amines is 1. The van der Waals surface area contributed by atoms with Crippen molar-refractivity contribution in [2.45, 2.75) is 46.6 Å². The number of carbonyl (C=O) groups excluding carboxylic acids is 1. The van der Waals surface area contributed by atoms with E-state index in [0.29, 0.717) is 41.7 Å². The molecule has 1 aliphatic carbocycles. The number of fused-ring (bicyclic) bond motifs is 1. The van der Waals surface area contributed by atoms with Gasteiger partial charge in [0, 0.05) is 31.5 Å². The van der Waals surface area contributed by atoms with Crippen molar-refractivity contribution in [1.29, 1.82) is 0 Å². The van der Waals surface area contributed by atoms with Gasteiger partial charge in [0.25, 0.3) is 11.5 Å². The summed E-state index contributed by atoms with van der Waals surface area (Å²) in [6.07, 6.45) is 8.94. The summed E-state index contributed by atoms with van der Waals surface area (Å²) in [5.74, 6) is 6.61. The Morgan fingerprint density at radius 3 is 2.85 bits per heavy atom. The van der Waals surface area contributed by atoms with Gasteiger partial charge >= 0.3 is 0 Å². The van der Waals surface area contributed by atoms with Crippen molar-refractivity contribution in [1.82, 2.24) is 20.3 Å². The SMILES string of the molecule is CCCC(CCN=C1COC1)CN(C)N1C2=CC=CC#CC2C(C(=O)NCc2c(OC)cc(C)[nH]c2=O)=C1C. The number of rotatable bonds is 12. The van der Waals surface area contributed by atoms with Crippen LogP contribution in [0.1, 0.15) is 44.4 Å². The minimum atomic E-state index is -0.365. The lowest BCUT2D eigenvalue weighted by molar-refractivity contribution is -0.117. The maximum Gasteiger partial charge on any atom is 0.256 e. The Kier molecular flexibility index (Phi) is 9.44. The first-order chi connectivity index (χ1) is 18.8. The van der Waals surface area contributed by atoms with E-state index < -0.39 is 0 Å². The molecular weight excluding hydrogens is 494 g/mol. The molecule has 3 heterocycles. The molecule has 4 rings (SSSR count). The number of amides is 1. The smallest absolute Gasteiger partial charge is 0.256 e. The first-order valence-electron chi connectivity index (χ1n) is 13.6.